The highest BCUT2D eigenvalue weighted by Crippen LogP contribution is 2.19. The largest absolute Gasteiger partial charge is 0.376 e. The highest BCUT2D eigenvalue weighted by Gasteiger charge is 2.22. The monoisotopic (exact) mass is 288 g/mol. The van der Waals surface area contributed by atoms with E-state index in [1.165, 1.54) is 0 Å². The van der Waals surface area contributed by atoms with Gasteiger partial charge in [-0.25, -0.2) is 14.7 Å². The average molecular weight is 288 g/mol. The molecule has 0 spiro atoms. The smallest absolute Gasteiger partial charge is 0.288 e. The predicted molar refractivity (Wildman–Crippen MR) is 76.3 cm³/mol. The number of rotatable bonds is 4. The fourth-order valence-corrected chi connectivity index (χ4v) is 2.29. The minimum atomic E-state index is -0.651. The van der Waals surface area contributed by atoms with Crippen LogP contribution in [0.2, 0.25) is 0 Å². The third-order valence-electron chi connectivity index (χ3n) is 3.27. The number of carbonyl (C=O) groups is 1. The third kappa shape index (κ3) is 3.00. The van der Waals surface area contributed by atoms with Crippen molar-refractivity contribution in [1.82, 2.24) is 20.1 Å². The lowest BCUT2D eigenvalue weighted by Gasteiger charge is -2.11. The predicted octanol–water partition coefficient (Wildman–Crippen LogP) is 0.0421. The lowest BCUT2D eigenvalue weighted by Crippen LogP contribution is -2.19. The number of nitrogens with one attached hydrogen (secondary N) is 1. The van der Waals surface area contributed by atoms with Crippen molar-refractivity contribution in [3.05, 3.63) is 30.1 Å². The van der Waals surface area contributed by atoms with Gasteiger partial charge in [-0.1, -0.05) is 0 Å². The Labute approximate surface area is 121 Å². The van der Waals surface area contributed by atoms with Crippen molar-refractivity contribution in [2.75, 3.05) is 6.61 Å². The van der Waals surface area contributed by atoms with Gasteiger partial charge in [-0.3, -0.25) is 4.79 Å². The van der Waals surface area contributed by atoms with Crippen LogP contribution >= 0.6 is 0 Å². The third-order valence-corrected chi connectivity index (χ3v) is 3.27. The number of ether oxygens (including phenoxy) is 1. The number of nitrogens with two attached hydrogens (primary N) is 1. The molecule has 110 valence electrons. The quantitative estimate of drug-likeness (QED) is 0.813. The van der Waals surface area contributed by atoms with E-state index in [1.54, 1.807) is 23.4 Å². The minimum Gasteiger partial charge on any atom is -0.376 e. The fourth-order valence-electron chi connectivity index (χ4n) is 2.29. The molecular formula is C13H16N6O2. The first-order valence-electron chi connectivity index (χ1n) is 6.75. The van der Waals surface area contributed by atoms with E-state index in [0.29, 0.717) is 12.4 Å². The zero-order chi connectivity index (χ0) is 14.7. The van der Waals surface area contributed by atoms with Crippen molar-refractivity contribution >= 4 is 17.8 Å². The summed E-state index contributed by atoms with van der Waals surface area (Å²) >= 11 is 0. The molecule has 0 radical (unpaired) electrons. The van der Waals surface area contributed by atoms with Crippen LogP contribution < -0.4 is 11.1 Å². The zero-order valence-corrected chi connectivity index (χ0v) is 11.4. The van der Waals surface area contributed by atoms with Gasteiger partial charge in [0, 0.05) is 24.6 Å². The van der Waals surface area contributed by atoms with Gasteiger partial charge >= 0.3 is 0 Å². The Morgan fingerprint density at radius 1 is 1.57 bits per heavy atom. The molecule has 0 bridgehead atoms. The second kappa shape index (κ2) is 5.88. The van der Waals surface area contributed by atoms with Crippen LogP contribution in [0, 0.1) is 0 Å². The Morgan fingerprint density at radius 2 is 2.48 bits per heavy atom. The highest BCUT2D eigenvalue weighted by molar-refractivity contribution is 5.89. The maximum absolute atomic E-state index is 11.3. The molecule has 8 heteroatoms. The molecule has 8 nitrogen and oxygen atoms in total. The zero-order valence-electron chi connectivity index (χ0n) is 11.4. The molecule has 1 aromatic rings. The van der Waals surface area contributed by atoms with Gasteiger partial charge in [0.15, 0.2) is 5.82 Å². The topological polar surface area (TPSA) is 107 Å². The van der Waals surface area contributed by atoms with E-state index in [9.17, 15) is 4.79 Å². The van der Waals surface area contributed by atoms with Gasteiger partial charge in [0.2, 0.25) is 5.82 Å². The molecule has 1 unspecified atom stereocenters. The molecule has 3 N–H and O–H groups in total. The SMILES string of the molecule is NC(=O)c1nc(C2=CN=CNC=C2)n(CC2CCCO2)n1. The molecular weight excluding hydrogens is 272 g/mol. The van der Waals surface area contributed by atoms with Gasteiger partial charge in [-0.05, 0) is 18.9 Å². The summed E-state index contributed by atoms with van der Waals surface area (Å²) in [5.41, 5.74) is 6.02. The molecule has 2 aliphatic rings. The lowest BCUT2D eigenvalue weighted by molar-refractivity contribution is 0.0926. The lowest BCUT2D eigenvalue weighted by atomic mass is 10.2. The Bertz CT molecular complexity index is 625. The first kappa shape index (κ1) is 13.5. The molecule has 0 aliphatic carbocycles. The second-order valence-corrected chi connectivity index (χ2v) is 4.80. The summed E-state index contributed by atoms with van der Waals surface area (Å²) in [6.07, 6.45) is 8.85. The number of carbonyl (C=O) groups excluding carboxylic acids is 1. The van der Waals surface area contributed by atoms with Gasteiger partial charge in [-0.2, -0.15) is 0 Å². The van der Waals surface area contributed by atoms with Crippen molar-refractivity contribution in [1.29, 1.82) is 0 Å². The number of hydrogen-bond acceptors (Lipinski definition) is 6. The van der Waals surface area contributed by atoms with E-state index in [1.807, 2.05) is 6.08 Å². The molecule has 1 aromatic heterocycles. The number of amides is 1. The fraction of sp³-hybridized carbons (Fsp3) is 0.385. The summed E-state index contributed by atoms with van der Waals surface area (Å²) in [5, 5.41) is 7.05. The summed E-state index contributed by atoms with van der Waals surface area (Å²) in [7, 11) is 0. The van der Waals surface area contributed by atoms with Crippen molar-refractivity contribution in [2.24, 2.45) is 10.7 Å². The number of aromatic nitrogens is 3. The van der Waals surface area contributed by atoms with Crippen molar-refractivity contribution < 1.29 is 9.53 Å². The molecule has 1 saturated heterocycles. The molecule has 21 heavy (non-hydrogen) atoms. The number of hydrogen-bond donors (Lipinski definition) is 2. The van der Waals surface area contributed by atoms with E-state index in [-0.39, 0.29) is 11.9 Å². The van der Waals surface area contributed by atoms with Crippen LogP contribution in [0.25, 0.3) is 5.57 Å². The standard InChI is InChI=1S/C13H16N6O2/c14-11(20)12-17-13(9-3-4-15-8-16-6-9)19(18-12)7-10-2-1-5-21-10/h3-4,6,8,10H,1-2,5,7H2,(H2,14,20)(H,15,16). The van der Waals surface area contributed by atoms with Crippen molar-refractivity contribution in [2.45, 2.75) is 25.5 Å². The molecule has 3 rings (SSSR count). The van der Waals surface area contributed by atoms with E-state index in [0.717, 1.165) is 25.0 Å². The van der Waals surface area contributed by atoms with Crippen LogP contribution in [-0.4, -0.2) is 39.7 Å². The maximum Gasteiger partial charge on any atom is 0.288 e. The van der Waals surface area contributed by atoms with E-state index < -0.39 is 5.91 Å². The van der Waals surface area contributed by atoms with Crippen LogP contribution in [0.15, 0.2) is 23.5 Å². The molecule has 3 heterocycles. The summed E-state index contributed by atoms with van der Waals surface area (Å²) in [6, 6.07) is 0. The number of primary amides is 1. The Hall–Kier alpha value is -2.48. The van der Waals surface area contributed by atoms with Gasteiger partial charge in [0.1, 0.15) is 0 Å². The summed E-state index contributed by atoms with van der Waals surface area (Å²) in [6.45, 7) is 1.30. The summed E-state index contributed by atoms with van der Waals surface area (Å²) < 4.78 is 7.27. The van der Waals surface area contributed by atoms with Gasteiger partial charge in [0.05, 0.1) is 19.0 Å². The number of nitrogens with zero attached hydrogens (tertiary/aromatic N) is 4. The second-order valence-electron chi connectivity index (χ2n) is 4.80. The molecule has 1 amide bonds. The first-order chi connectivity index (χ1) is 10.2. The normalized spacial score (nSPS) is 21.0. The Kier molecular flexibility index (Phi) is 3.78. The maximum atomic E-state index is 11.3. The molecule has 1 fully saturated rings. The molecule has 2 aliphatic heterocycles. The van der Waals surface area contributed by atoms with Crippen molar-refractivity contribution in [3.63, 3.8) is 0 Å². The average Bonchev–Trinajstić information content (AvgIpc) is 3.04. The molecule has 0 saturated carbocycles. The first-order valence-corrected chi connectivity index (χ1v) is 6.75. The Morgan fingerprint density at radius 3 is 3.24 bits per heavy atom. The van der Waals surface area contributed by atoms with Crippen LogP contribution in [0.3, 0.4) is 0 Å². The van der Waals surface area contributed by atoms with Gasteiger partial charge < -0.3 is 15.8 Å². The van der Waals surface area contributed by atoms with E-state index >= 15 is 0 Å². The van der Waals surface area contributed by atoms with Crippen LogP contribution in [-0.2, 0) is 11.3 Å². The minimum absolute atomic E-state index is 0.00140. The van der Waals surface area contributed by atoms with Gasteiger partial charge in [0.25, 0.3) is 5.91 Å². The van der Waals surface area contributed by atoms with Crippen LogP contribution in [0.1, 0.15) is 29.3 Å². The van der Waals surface area contributed by atoms with Crippen LogP contribution in [0.4, 0.5) is 0 Å². The Balaban J connectivity index is 1.94. The van der Waals surface area contributed by atoms with E-state index in [4.69, 9.17) is 10.5 Å². The number of aliphatic imine (C=N–C) groups is 1. The highest BCUT2D eigenvalue weighted by atomic mass is 16.5. The number of allylic oxidation sites excluding steroid dienone is 2. The molecule has 0 aromatic carbocycles. The summed E-state index contributed by atoms with van der Waals surface area (Å²) in [5.74, 6) is -0.1000. The van der Waals surface area contributed by atoms with Crippen LogP contribution in [0.5, 0.6) is 0 Å². The summed E-state index contributed by atoms with van der Waals surface area (Å²) in [4.78, 5) is 19.6. The van der Waals surface area contributed by atoms with Gasteiger partial charge in [-0.15, -0.1) is 5.10 Å². The van der Waals surface area contributed by atoms with Crippen molar-refractivity contribution in [3.8, 4) is 0 Å². The van der Waals surface area contributed by atoms with E-state index in [2.05, 4.69) is 20.4 Å². The molecule has 1 atom stereocenters.